The second kappa shape index (κ2) is 47.3. The maximum atomic E-state index is 12.5. The Kier molecular flexibility index (Phi) is 46.1. The third-order valence-electron chi connectivity index (χ3n) is 11.7. The molecule has 5 nitrogen and oxygen atoms in total. The monoisotopic (exact) mass is 802 g/mol. The van der Waals surface area contributed by atoms with Crippen molar-refractivity contribution in [1.82, 2.24) is 5.32 Å². The fraction of sp³-hybridized carbons (Fsp3) is 0.865. The molecule has 0 aromatic rings. The van der Waals surface area contributed by atoms with Gasteiger partial charge in [0.25, 0.3) is 0 Å². The summed E-state index contributed by atoms with van der Waals surface area (Å²) in [6, 6.07) is -0.833. The molecule has 57 heavy (non-hydrogen) atoms. The summed E-state index contributed by atoms with van der Waals surface area (Å²) >= 11 is 0. The minimum atomic E-state index is -1.17. The maximum absolute atomic E-state index is 12.5. The van der Waals surface area contributed by atoms with Crippen LogP contribution in [0.1, 0.15) is 264 Å². The summed E-state index contributed by atoms with van der Waals surface area (Å²) in [6.07, 6.45) is 59.9. The zero-order valence-electron chi connectivity index (χ0n) is 38.2. The lowest BCUT2D eigenvalue weighted by Crippen LogP contribution is -2.50. The molecule has 0 bridgehead atoms. The number of carbonyl (C=O) groups excluding carboxylic acids is 1. The molecule has 0 rings (SSSR count). The molecule has 3 atom stereocenters. The lowest BCUT2D eigenvalue weighted by atomic mass is 10.0. The first-order chi connectivity index (χ1) is 28.1. The summed E-state index contributed by atoms with van der Waals surface area (Å²) in [6.45, 7) is 4.18. The zero-order valence-corrected chi connectivity index (χ0v) is 38.2. The molecule has 3 unspecified atom stereocenters. The van der Waals surface area contributed by atoms with Crippen molar-refractivity contribution in [3.05, 3.63) is 36.5 Å². The Bertz CT molecular complexity index is 885. The van der Waals surface area contributed by atoms with E-state index in [1.807, 2.05) is 0 Å². The van der Waals surface area contributed by atoms with Crippen LogP contribution < -0.4 is 5.32 Å². The summed E-state index contributed by atoms with van der Waals surface area (Å²) in [5, 5.41) is 33.6. The standard InChI is InChI=1S/C52H99NO4/c1-3-5-7-9-11-13-15-17-19-21-23-24-25-26-27-28-29-31-33-35-37-39-41-43-45-47-51(56)53-49(48-54)52(57)50(55)46-44-42-40-38-36-34-32-30-22-20-18-16-14-12-10-8-6-4-2/h26-27,30,32,38,40,49-50,52,54-55,57H,3-25,28-29,31,33-37,39,41-48H2,1-2H3,(H,53,56)/b27-26-,32-30+,40-38+. The van der Waals surface area contributed by atoms with Gasteiger partial charge in [0.05, 0.1) is 18.8 Å². The van der Waals surface area contributed by atoms with Gasteiger partial charge < -0.3 is 20.6 Å². The maximum Gasteiger partial charge on any atom is 0.220 e. The molecule has 0 saturated carbocycles. The molecule has 0 aliphatic rings. The van der Waals surface area contributed by atoms with Gasteiger partial charge in [-0.25, -0.2) is 0 Å². The third kappa shape index (κ3) is 42.5. The number of rotatable bonds is 46. The van der Waals surface area contributed by atoms with Crippen molar-refractivity contribution >= 4 is 5.91 Å². The summed E-state index contributed by atoms with van der Waals surface area (Å²) in [5.41, 5.74) is 0. The lowest BCUT2D eigenvalue weighted by molar-refractivity contribution is -0.124. The SMILES string of the molecule is CCCCCCCCCCC/C=C/CC/C=C/CCCC(O)C(O)C(CO)NC(=O)CCCCCCCCCCC/C=C\CCCCCCCCCCCCCC. The van der Waals surface area contributed by atoms with Crippen LogP contribution in [-0.2, 0) is 4.79 Å². The molecule has 5 heteroatoms. The number of hydrogen-bond acceptors (Lipinski definition) is 4. The largest absolute Gasteiger partial charge is 0.394 e. The number of nitrogens with one attached hydrogen (secondary N) is 1. The van der Waals surface area contributed by atoms with Crippen molar-refractivity contribution in [2.24, 2.45) is 0 Å². The van der Waals surface area contributed by atoms with E-state index in [-0.39, 0.29) is 12.5 Å². The predicted octanol–water partition coefficient (Wildman–Crippen LogP) is 15.1. The van der Waals surface area contributed by atoms with Crippen molar-refractivity contribution < 1.29 is 20.1 Å². The Balaban J connectivity index is 3.62. The van der Waals surface area contributed by atoms with Gasteiger partial charge in [0.15, 0.2) is 0 Å². The summed E-state index contributed by atoms with van der Waals surface area (Å²) in [7, 11) is 0. The van der Waals surface area contributed by atoms with Gasteiger partial charge >= 0.3 is 0 Å². The van der Waals surface area contributed by atoms with Crippen LogP contribution in [0.3, 0.4) is 0 Å². The zero-order chi connectivity index (χ0) is 41.5. The van der Waals surface area contributed by atoms with Crippen LogP contribution in [0, 0.1) is 0 Å². The molecule has 4 N–H and O–H groups in total. The van der Waals surface area contributed by atoms with Crippen LogP contribution >= 0.6 is 0 Å². The van der Waals surface area contributed by atoms with E-state index in [0.717, 1.165) is 44.9 Å². The Hall–Kier alpha value is -1.43. The van der Waals surface area contributed by atoms with Crippen LogP contribution in [0.15, 0.2) is 36.5 Å². The number of hydrogen-bond donors (Lipinski definition) is 4. The predicted molar refractivity (Wildman–Crippen MR) is 250 cm³/mol. The van der Waals surface area contributed by atoms with Gasteiger partial charge in [-0.15, -0.1) is 0 Å². The number of aliphatic hydroxyl groups excluding tert-OH is 3. The molecule has 1 amide bonds. The van der Waals surface area contributed by atoms with Gasteiger partial charge in [-0.05, 0) is 77.0 Å². The van der Waals surface area contributed by atoms with Crippen molar-refractivity contribution in [1.29, 1.82) is 0 Å². The molecule has 0 heterocycles. The van der Waals surface area contributed by atoms with E-state index < -0.39 is 18.2 Å². The minimum Gasteiger partial charge on any atom is -0.394 e. The summed E-state index contributed by atoms with van der Waals surface area (Å²) in [4.78, 5) is 12.5. The molecule has 0 aliphatic carbocycles. The van der Waals surface area contributed by atoms with Gasteiger partial charge in [0.2, 0.25) is 5.91 Å². The van der Waals surface area contributed by atoms with E-state index in [0.29, 0.717) is 12.8 Å². The molecule has 0 aliphatic heterocycles. The van der Waals surface area contributed by atoms with E-state index in [4.69, 9.17) is 0 Å². The Morgan fingerprint density at radius 3 is 1.07 bits per heavy atom. The quantitative estimate of drug-likeness (QED) is 0.0365. The Morgan fingerprint density at radius 2 is 0.719 bits per heavy atom. The first-order valence-electron chi connectivity index (χ1n) is 25.3. The van der Waals surface area contributed by atoms with Crippen molar-refractivity contribution in [2.75, 3.05) is 6.61 Å². The smallest absolute Gasteiger partial charge is 0.220 e. The molecular formula is C52H99NO4. The second-order valence-electron chi connectivity index (χ2n) is 17.4. The molecule has 0 fully saturated rings. The van der Waals surface area contributed by atoms with Gasteiger partial charge in [0, 0.05) is 6.42 Å². The molecule has 0 aromatic carbocycles. The molecular weight excluding hydrogens is 703 g/mol. The Labute approximate surface area is 355 Å². The third-order valence-corrected chi connectivity index (χ3v) is 11.7. The van der Waals surface area contributed by atoms with E-state index in [2.05, 4.69) is 55.6 Å². The van der Waals surface area contributed by atoms with Gasteiger partial charge in [0.1, 0.15) is 6.10 Å². The molecule has 0 saturated heterocycles. The minimum absolute atomic E-state index is 0.159. The van der Waals surface area contributed by atoms with Gasteiger partial charge in [-0.2, -0.15) is 0 Å². The lowest BCUT2D eigenvalue weighted by Gasteiger charge is -2.26. The van der Waals surface area contributed by atoms with Crippen molar-refractivity contribution in [3.8, 4) is 0 Å². The number of carbonyl (C=O) groups is 1. The van der Waals surface area contributed by atoms with Crippen molar-refractivity contribution in [2.45, 2.75) is 283 Å². The van der Waals surface area contributed by atoms with Crippen molar-refractivity contribution in [3.63, 3.8) is 0 Å². The highest BCUT2D eigenvalue weighted by atomic mass is 16.3. The van der Waals surface area contributed by atoms with Crippen LogP contribution in [-0.4, -0.2) is 46.1 Å². The number of unbranched alkanes of at least 4 members (excludes halogenated alkanes) is 32. The Morgan fingerprint density at radius 1 is 0.421 bits per heavy atom. The van der Waals surface area contributed by atoms with E-state index >= 15 is 0 Å². The summed E-state index contributed by atoms with van der Waals surface area (Å²) < 4.78 is 0. The highest BCUT2D eigenvalue weighted by molar-refractivity contribution is 5.76. The average Bonchev–Trinajstić information content (AvgIpc) is 3.22. The number of allylic oxidation sites excluding steroid dienone is 6. The van der Waals surface area contributed by atoms with E-state index in [9.17, 15) is 20.1 Å². The molecule has 0 spiro atoms. The fourth-order valence-electron chi connectivity index (χ4n) is 7.76. The van der Waals surface area contributed by atoms with Gasteiger partial charge in [-0.3, -0.25) is 4.79 Å². The van der Waals surface area contributed by atoms with Crippen LogP contribution in [0.25, 0.3) is 0 Å². The highest BCUT2D eigenvalue weighted by Crippen LogP contribution is 2.16. The summed E-state index contributed by atoms with van der Waals surface area (Å²) in [5.74, 6) is -0.159. The second-order valence-corrected chi connectivity index (χ2v) is 17.4. The molecule has 336 valence electrons. The van der Waals surface area contributed by atoms with Crippen LogP contribution in [0.2, 0.25) is 0 Å². The average molecular weight is 802 g/mol. The molecule has 0 aromatic heterocycles. The first-order valence-corrected chi connectivity index (χ1v) is 25.3. The van der Waals surface area contributed by atoms with E-state index in [1.165, 1.54) is 193 Å². The van der Waals surface area contributed by atoms with Gasteiger partial charge in [-0.1, -0.05) is 217 Å². The topological polar surface area (TPSA) is 89.8 Å². The van der Waals surface area contributed by atoms with Crippen LogP contribution in [0.4, 0.5) is 0 Å². The first kappa shape index (κ1) is 55.6. The normalized spacial score (nSPS) is 13.7. The number of amides is 1. The molecule has 0 radical (unpaired) electrons. The van der Waals surface area contributed by atoms with E-state index in [1.54, 1.807) is 0 Å². The van der Waals surface area contributed by atoms with Crippen LogP contribution in [0.5, 0.6) is 0 Å². The fourth-order valence-corrected chi connectivity index (χ4v) is 7.76. The highest BCUT2D eigenvalue weighted by Gasteiger charge is 2.26. The number of aliphatic hydroxyl groups is 3.